The lowest BCUT2D eigenvalue weighted by molar-refractivity contribution is -0.142. The Morgan fingerprint density at radius 2 is 1.91 bits per heavy atom. The molecule has 0 aliphatic carbocycles. The van der Waals surface area contributed by atoms with Crippen LogP contribution in [-0.4, -0.2) is 11.1 Å². The van der Waals surface area contributed by atoms with Gasteiger partial charge in [0.25, 0.3) is 0 Å². The zero-order valence-electron chi connectivity index (χ0n) is 7.63. The minimum Gasteiger partial charge on any atom is -0.481 e. The summed E-state index contributed by atoms with van der Waals surface area (Å²) in [6.07, 6.45) is 2.64. The van der Waals surface area contributed by atoms with Crippen molar-refractivity contribution >= 4 is 5.97 Å². The van der Waals surface area contributed by atoms with E-state index in [0.29, 0.717) is 5.92 Å². The molecule has 0 radical (unpaired) electrons. The smallest absolute Gasteiger partial charge is 0.306 e. The maximum Gasteiger partial charge on any atom is 0.306 e. The molecule has 0 aromatic heterocycles. The van der Waals surface area contributed by atoms with E-state index in [9.17, 15) is 4.79 Å². The monoisotopic (exact) mass is 158 g/mol. The van der Waals surface area contributed by atoms with E-state index < -0.39 is 5.97 Å². The van der Waals surface area contributed by atoms with Crippen LogP contribution in [-0.2, 0) is 4.79 Å². The highest BCUT2D eigenvalue weighted by Crippen LogP contribution is 2.17. The fourth-order valence-corrected chi connectivity index (χ4v) is 1.09. The molecule has 0 aliphatic heterocycles. The van der Waals surface area contributed by atoms with Crippen molar-refractivity contribution in [3.8, 4) is 0 Å². The van der Waals surface area contributed by atoms with Gasteiger partial charge in [-0.25, -0.2) is 0 Å². The number of carboxylic acids is 1. The molecular weight excluding hydrogens is 140 g/mol. The Labute approximate surface area is 68.6 Å². The summed E-state index contributed by atoms with van der Waals surface area (Å²) >= 11 is 0. The Balaban J connectivity index is 3.77. The van der Waals surface area contributed by atoms with Crippen molar-refractivity contribution in [3.05, 3.63) is 0 Å². The lowest BCUT2D eigenvalue weighted by Crippen LogP contribution is -2.15. The number of rotatable bonds is 5. The number of hydrogen-bond donors (Lipinski definition) is 1. The molecule has 0 heterocycles. The number of carboxylic acid groups (broad SMARTS) is 1. The SMILES string of the molecule is CC[C@@H](C)C[C@@H](CC)C(=O)O. The maximum atomic E-state index is 10.6. The van der Waals surface area contributed by atoms with Gasteiger partial charge in [0, 0.05) is 0 Å². The molecule has 11 heavy (non-hydrogen) atoms. The first-order valence-electron chi connectivity index (χ1n) is 4.34. The summed E-state index contributed by atoms with van der Waals surface area (Å²) in [5.41, 5.74) is 0. The van der Waals surface area contributed by atoms with Gasteiger partial charge in [-0.1, -0.05) is 27.2 Å². The van der Waals surface area contributed by atoms with Gasteiger partial charge in [0.05, 0.1) is 5.92 Å². The van der Waals surface area contributed by atoms with Gasteiger partial charge in [-0.05, 0) is 18.8 Å². The van der Waals surface area contributed by atoms with Crippen molar-refractivity contribution in [2.75, 3.05) is 0 Å². The third-order valence-corrected chi connectivity index (χ3v) is 2.23. The van der Waals surface area contributed by atoms with Gasteiger partial charge in [-0.3, -0.25) is 4.79 Å². The molecule has 0 saturated carbocycles. The molecule has 0 saturated heterocycles. The Bertz CT molecular complexity index is 121. The lowest BCUT2D eigenvalue weighted by Gasteiger charge is -2.13. The molecule has 0 aromatic rings. The summed E-state index contributed by atoms with van der Waals surface area (Å²) in [7, 11) is 0. The zero-order valence-corrected chi connectivity index (χ0v) is 7.63. The third-order valence-electron chi connectivity index (χ3n) is 2.23. The predicted molar refractivity (Wildman–Crippen MR) is 45.5 cm³/mol. The molecule has 2 nitrogen and oxygen atoms in total. The third kappa shape index (κ3) is 4.02. The van der Waals surface area contributed by atoms with E-state index in [-0.39, 0.29) is 5.92 Å². The molecule has 0 rings (SSSR count). The van der Waals surface area contributed by atoms with Crippen LogP contribution >= 0.6 is 0 Å². The van der Waals surface area contributed by atoms with Crippen LogP contribution in [0.25, 0.3) is 0 Å². The van der Waals surface area contributed by atoms with Crippen molar-refractivity contribution < 1.29 is 9.90 Å². The molecule has 0 fully saturated rings. The Hall–Kier alpha value is -0.530. The number of aliphatic carboxylic acids is 1. The predicted octanol–water partition coefficient (Wildman–Crippen LogP) is 2.53. The normalized spacial score (nSPS) is 15.9. The van der Waals surface area contributed by atoms with Crippen LogP contribution in [0.3, 0.4) is 0 Å². The minimum atomic E-state index is -0.646. The van der Waals surface area contributed by atoms with Crippen LogP contribution in [0, 0.1) is 11.8 Å². The fraction of sp³-hybridized carbons (Fsp3) is 0.889. The standard InChI is InChI=1S/C9H18O2/c1-4-7(3)6-8(5-2)9(10)11/h7-8H,4-6H2,1-3H3,(H,10,11)/t7-,8-/m1/s1. The Morgan fingerprint density at radius 1 is 1.36 bits per heavy atom. The quantitative estimate of drug-likeness (QED) is 0.667. The molecule has 0 bridgehead atoms. The summed E-state index contributed by atoms with van der Waals surface area (Å²) in [6.45, 7) is 6.13. The van der Waals surface area contributed by atoms with Crippen molar-refractivity contribution in [1.29, 1.82) is 0 Å². The molecule has 2 heteroatoms. The largest absolute Gasteiger partial charge is 0.481 e. The van der Waals surface area contributed by atoms with Gasteiger partial charge in [0.2, 0.25) is 0 Å². The van der Waals surface area contributed by atoms with Crippen molar-refractivity contribution in [1.82, 2.24) is 0 Å². The number of carbonyl (C=O) groups is 1. The topological polar surface area (TPSA) is 37.3 Å². The van der Waals surface area contributed by atoms with Crippen LogP contribution in [0.2, 0.25) is 0 Å². The van der Waals surface area contributed by atoms with E-state index in [0.717, 1.165) is 19.3 Å². The van der Waals surface area contributed by atoms with Crippen LogP contribution in [0.15, 0.2) is 0 Å². The maximum absolute atomic E-state index is 10.6. The van der Waals surface area contributed by atoms with Gasteiger partial charge >= 0.3 is 5.97 Å². The van der Waals surface area contributed by atoms with E-state index in [2.05, 4.69) is 13.8 Å². The molecule has 0 unspecified atom stereocenters. The first kappa shape index (κ1) is 10.5. The molecule has 1 N–H and O–H groups in total. The molecule has 66 valence electrons. The first-order valence-corrected chi connectivity index (χ1v) is 4.34. The summed E-state index contributed by atoms with van der Waals surface area (Å²) in [6, 6.07) is 0. The zero-order chi connectivity index (χ0) is 8.85. The van der Waals surface area contributed by atoms with Crippen LogP contribution in [0.5, 0.6) is 0 Å². The molecular formula is C9H18O2. The van der Waals surface area contributed by atoms with Crippen molar-refractivity contribution in [2.45, 2.75) is 40.0 Å². The molecule has 0 aliphatic rings. The average molecular weight is 158 g/mol. The van der Waals surface area contributed by atoms with Crippen molar-refractivity contribution in [2.24, 2.45) is 11.8 Å². The summed E-state index contributed by atoms with van der Waals surface area (Å²) < 4.78 is 0. The Kier molecular flexibility index (Phi) is 4.92. The summed E-state index contributed by atoms with van der Waals surface area (Å²) in [5, 5.41) is 8.72. The molecule has 2 atom stereocenters. The van der Waals surface area contributed by atoms with Gasteiger partial charge in [0.15, 0.2) is 0 Å². The van der Waals surface area contributed by atoms with E-state index in [1.165, 1.54) is 0 Å². The second-order valence-corrected chi connectivity index (χ2v) is 3.19. The van der Waals surface area contributed by atoms with Crippen molar-refractivity contribution in [3.63, 3.8) is 0 Å². The highest BCUT2D eigenvalue weighted by Gasteiger charge is 2.16. The van der Waals surface area contributed by atoms with Gasteiger partial charge in [-0.2, -0.15) is 0 Å². The van der Waals surface area contributed by atoms with E-state index in [1.807, 2.05) is 6.92 Å². The molecule has 0 aromatic carbocycles. The average Bonchev–Trinajstić information content (AvgIpc) is 1.99. The van der Waals surface area contributed by atoms with E-state index >= 15 is 0 Å². The first-order chi connectivity index (χ1) is 5.11. The van der Waals surface area contributed by atoms with Gasteiger partial charge in [0.1, 0.15) is 0 Å². The van der Waals surface area contributed by atoms with Gasteiger partial charge in [-0.15, -0.1) is 0 Å². The van der Waals surface area contributed by atoms with Crippen LogP contribution < -0.4 is 0 Å². The fourth-order valence-electron chi connectivity index (χ4n) is 1.09. The van der Waals surface area contributed by atoms with E-state index in [1.54, 1.807) is 0 Å². The van der Waals surface area contributed by atoms with Crippen LogP contribution in [0.4, 0.5) is 0 Å². The van der Waals surface area contributed by atoms with Crippen LogP contribution in [0.1, 0.15) is 40.0 Å². The highest BCUT2D eigenvalue weighted by molar-refractivity contribution is 5.69. The van der Waals surface area contributed by atoms with E-state index in [4.69, 9.17) is 5.11 Å². The highest BCUT2D eigenvalue weighted by atomic mass is 16.4. The minimum absolute atomic E-state index is 0.134. The Morgan fingerprint density at radius 3 is 2.18 bits per heavy atom. The second-order valence-electron chi connectivity index (χ2n) is 3.19. The molecule has 0 spiro atoms. The lowest BCUT2D eigenvalue weighted by atomic mass is 9.92. The second kappa shape index (κ2) is 5.16. The molecule has 0 amide bonds. The summed E-state index contributed by atoms with van der Waals surface area (Å²) in [5.74, 6) is -0.242. The summed E-state index contributed by atoms with van der Waals surface area (Å²) in [4.78, 5) is 10.6. The van der Waals surface area contributed by atoms with Gasteiger partial charge < -0.3 is 5.11 Å². The number of hydrogen-bond acceptors (Lipinski definition) is 1.